The molecule has 30 heavy (non-hydrogen) atoms. The van der Waals surface area contributed by atoms with Gasteiger partial charge in [0.15, 0.2) is 4.34 Å². The van der Waals surface area contributed by atoms with E-state index in [9.17, 15) is 13.2 Å². The second kappa shape index (κ2) is 9.92. The topological polar surface area (TPSA) is 101 Å². The molecule has 0 atom stereocenters. The van der Waals surface area contributed by atoms with Crippen LogP contribution in [0.15, 0.2) is 58.9 Å². The summed E-state index contributed by atoms with van der Waals surface area (Å²) in [5.74, 6) is 0.820. The number of hydrogen-bond acceptors (Lipinski definition) is 8. The van der Waals surface area contributed by atoms with E-state index in [-0.39, 0.29) is 6.54 Å². The molecule has 0 aliphatic carbocycles. The Morgan fingerprint density at radius 2 is 1.83 bits per heavy atom. The molecule has 11 heteroatoms. The monoisotopic (exact) mass is 464 g/mol. The van der Waals surface area contributed by atoms with Gasteiger partial charge in [-0.3, -0.25) is 14.4 Å². The average molecular weight is 465 g/mol. The molecule has 3 rings (SSSR count). The SMILES string of the molecule is COc1ccc(N(CC(=O)Nc2nnc(SCc3ccccc3)s2)S(C)(=O)=O)cc1. The third kappa shape index (κ3) is 6.18. The van der Waals surface area contributed by atoms with Crippen molar-refractivity contribution in [2.45, 2.75) is 10.1 Å². The van der Waals surface area contributed by atoms with Crippen LogP contribution in [0.1, 0.15) is 5.56 Å². The summed E-state index contributed by atoms with van der Waals surface area (Å²) in [6, 6.07) is 16.4. The molecule has 158 valence electrons. The Morgan fingerprint density at radius 1 is 1.13 bits per heavy atom. The lowest BCUT2D eigenvalue weighted by Crippen LogP contribution is -2.37. The normalized spacial score (nSPS) is 11.1. The number of benzene rings is 2. The molecule has 3 aromatic rings. The average Bonchev–Trinajstić information content (AvgIpc) is 3.18. The van der Waals surface area contributed by atoms with E-state index in [0.717, 1.165) is 21.9 Å². The van der Waals surface area contributed by atoms with Crippen molar-refractivity contribution >= 4 is 49.8 Å². The Labute approximate surface area is 183 Å². The minimum absolute atomic E-state index is 0.318. The maximum absolute atomic E-state index is 12.4. The van der Waals surface area contributed by atoms with Crippen molar-refractivity contribution in [2.24, 2.45) is 0 Å². The number of nitrogens with zero attached hydrogens (tertiary/aromatic N) is 3. The Bertz CT molecular complexity index is 1090. The highest BCUT2D eigenvalue weighted by Gasteiger charge is 2.21. The number of nitrogens with one attached hydrogen (secondary N) is 1. The van der Waals surface area contributed by atoms with E-state index in [4.69, 9.17) is 4.74 Å². The molecule has 0 fully saturated rings. The molecule has 0 aliphatic rings. The quantitative estimate of drug-likeness (QED) is 0.383. The van der Waals surface area contributed by atoms with Crippen LogP contribution >= 0.6 is 23.1 Å². The minimum atomic E-state index is -3.66. The highest BCUT2D eigenvalue weighted by molar-refractivity contribution is 8.00. The van der Waals surface area contributed by atoms with Gasteiger partial charge in [0.2, 0.25) is 21.1 Å². The highest BCUT2D eigenvalue weighted by Crippen LogP contribution is 2.28. The van der Waals surface area contributed by atoms with Crippen LogP contribution in [-0.4, -0.2) is 44.4 Å². The Morgan fingerprint density at radius 3 is 2.47 bits per heavy atom. The van der Waals surface area contributed by atoms with Crippen LogP contribution in [0.25, 0.3) is 0 Å². The Hall–Kier alpha value is -2.63. The van der Waals surface area contributed by atoms with E-state index < -0.39 is 15.9 Å². The molecule has 2 aromatic carbocycles. The summed E-state index contributed by atoms with van der Waals surface area (Å²) >= 11 is 2.76. The number of ether oxygens (including phenoxy) is 1. The molecule has 1 amide bonds. The number of sulfonamides is 1. The fourth-order valence-electron chi connectivity index (χ4n) is 2.48. The molecule has 0 saturated carbocycles. The van der Waals surface area contributed by atoms with Gasteiger partial charge in [-0.2, -0.15) is 0 Å². The molecule has 0 unspecified atom stereocenters. The van der Waals surface area contributed by atoms with E-state index in [2.05, 4.69) is 15.5 Å². The third-order valence-corrected chi connectivity index (χ3v) is 7.09. The van der Waals surface area contributed by atoms with Crippen molar-refractivity contribution in [2.75, 3.05) is 29.5 Å². The molecule has 8 nitrogen and oxygen atoms in total. The summed E-state index contributed by atoms with van der Waals surface area (Å²) in [6.45, 7) is -0.378. The van der Waals surface area contributed by atoms with Gasteiger partial charge in [-0.1, -0.05) is 53.4 Å². The van der Waals surface area contributed by atoms with E-state index >= 15 is 0 Å². The molecule has 1 N–H and O–H groups in total. The van der Waals surface area contributed by atoms with E-state index in [1.807, 2.05) is 30.3 Å². The van der Waals surface area contributed by atoms with Crippen LogP contribution in [0.5, 0.6) is 5.75 Å². The van der Waals surface area contributed by atoms with Gasteiger partial charge >= 0.3 is 0 Å². The molecule has 0 aliphatic heterocycles. The first kappa shape index (κ1) is 22.1. The molecule has 0 radical (unpaired) electrons. The number of methoxy groups -OCH3 is 1. The van der Waals surface area contributed by atoms with Gasteiger partial charge in [-0.15, -0.1) is 10.2 Å². The fourth-order valence-corrected chi connectivity index (χ4v) is 5.06. The minimum Gasteiger partial charge on any atom is -0.497 e. The highest BCUT2D eigenvalue weighted by atomic mass is 32.2. The van der Waals surface area contributed by atoms with Crippen molar-refractivity contribution in [3.63, 3.8) is 0 Å². The van der Waals surface area contributed by atoms with Crippen LogP contribution in [0.4, 0.5) is 10.8 Å². The summed E-state index contributed by atoms with van der Waals surface area (Å²) in [4.78, 5) is 12.4. The second-order valence-electron chi connectivity index (χ2n) is 6.16. The van der Waals surface area contributed by atoms with Crippen molar-refractivity contribution in [1.29, 1.82) is 0 Å². The van der Waals surface area contributed by atoms with Crippen LogP contribution in [0.3, 0.4) is 0 Å². The number of aromatic nitrogens is 2. The Balaban J connectivity index is 1.62. The van der Waals surface area contributed by atoms with Crippen LogP contribution in [0, 0.1) is 0 Å². The molecule has 1 heterocycles. The number of rotatable bonds is 9. The molecule has 0 spiro atoms. The lowest BCUT2D eigenvalue weighted by atomic mass is 10.2. The predicted octanol–water partition coefficient (Wildman–Crippen LogP) is 3.24. The molecule has 1 aromatic heterocycles. The summed E-state index contributed by atoms with van der Waals surface area (Å²) in [5, 5.41) is 11.0. The number of thioether (sulfide) groups is 1. The van der Waals surface area contributed by atoms with Gasteiger partial charge in [0.1, 0.15) is 12.3 Å². The van der Waals surface area contributed by atoms with E-state index in [1.165, 1.54) is 30.2 Å². The Kier molecular flexibility index (Phi) is 7.29. The van der Waals surface area contributed by atoms with Crippen molar-refractivity contribution in [1.82, 2.24) is 10.2 Å². The zero-order valence-electron chi connectivity index (χ0n) is 16.3. The number of carbonyl (C=O) groups excluding carboxylic acids is 1. The summed E-state index contributed by atoms with van der Waals surface area (Å²) in [7, 11) is -2.14. The second-order valence-corrected chi connectivity index (χ2v) is 10.3. The summed E-state index contributed by atoms with van der Waals surface area (Å²) in [6.07, 6.45) is 1.05. The summed E-state index contributed by atoms with van der Waals surface area (Å²) < 4.78 is 31.2. The van der Waals surface area contributed by atoms with Crippen molar-refractivity contribution in [3.8, 4) is 5.75 Å². The zero-order chi connectivity index (χ0) is 21.6. The fraction of sp³-hybridized carbons (Fsp3) is 0.211. The number of hydrogen-bond donors (Lipinski definition) is 1. The van der Waals surface area contributed by atoms with Gasteiger partial charge < -0.3 is 4.74 Å². The maximum Gasteiger partial charge on any atom is 0.246 e. The van der Waals surface area contributed by atoms with Crippen LogP contribution < -0.4 is 14.4 Å². The van der Waals surface area contributed by atoms with Gasteiger partial charge in [0.25, 0.3) is 0 Å². The number of anilines is 2. The standard InChI is InChI=1S/C19H20N4O4S3/c1-27-16-10-8-15(9-11-16)23(30(2,25)26)12-17(24)20-18-21-22-19(29-18)28-13-14-6-4-3-5-7-14/h3-11H,12-13H2,1-2H3,(H,20,21,24). The molecule has 0 saturated heterocycles. The third-order valence-electron chi connectivity index (χ3n) is 3.91. The lowest BCUT2D eigenvalue weighted by molar-refractivity contribution is -0.114. The smallest absolute Gasteiger partial charge is 0.246 e. The van der Waals surface area contributed by atoms with Crippen LogP contribution in [0.2, 0.25) is 0 Å². The first-order valence-electron chi connectivity index (χ1n) is 8.77. The van der Waals surface area contributed by atoms with Gasteiger partial charge in [0.05, 0.1) is 19.1 Å². The first-order chi connectivity index (χ1) is 14.3. The first-order valence-corrected chi connectivity index (χ1v) is 12.4. The maximum atomic E-state index is 12.4. The summed E-state index contributed by atoms with van der Waals surface area (Å²) in [5.41, 5.74) is 1.52. The number of amides is 1. The molecular weight excluding hydrogens is 444 g/mol. The van der Waals surface area contributed by atoms with Crippen LogP contribution in [-0.2, 0) is 20.6 Å². The predicted molar refractivity (Wildman–Crippen MR) is 120 cm³/mol. The largest absolute Gasteiger partial charge is 0.497 e. The molecule has 0 bridgehead atoms. The van der Waals surface area contributed by atoms with E-state index in [1.54, 1.807) is 24.3 Å². The molecular formula is C19H20N4O4S3. The number of carbonyl (C=O) groups is 1. The van der Waals surface area contributed by atoms with Crippen molar-refractivity contribution < 1.29 is 17.9 Å². The van der Waals surface area contributed by atoms with Gasteiger partial charge in [-0.25, -0.2) is 8.42 Å². The zero-order valence-corrected chi connectivity index (χ0v) is 18.8. The lowest BCUT2D eigenvalue weighted by Gasteiger charge is -2.21. The van der Waals surface area contributed by atoms with Crippen molar-refractivity contribution in [3.05, 3.63) is 60.2 Å². The van der Waals surface area contributed by atoms with Gasteiger partial charge in [0, 0.05) is 5.75 Å². The van der Waals surface area contributed by atoms with Gasteiger partial charge in [-0.05, 0) is 29.8 Å². The van der Waals surface area contributed by atoms with E-state index in [0.29, 0.717) is 20.9 Å².